The van der Waals surface area contributed by atoms with Crippen LogP contribution in [0.15, 0.2) is 12.2 Å². The topological polar surface area (TPSA) is 133 Å². The second-order valence-electron chi connectivity index (χ2n) is 10.2. The van der Waals surface area contributed by atoms with Crippen LogP contribution in [-0.2, 0) is 22.4 Å². The zero-order chi connectivity index (χ0) is 29.3. The molecule has 0 saturated heterocycles. The summed E-state index contributed by atoms with van der Waals surface area (Å²) in [6.45, 7) is 8.83. The molecule has 2 aromatic rings. The van der Waals surface area contributed by atoms with Crippen molar-refractivity contribution in [2.24, 2.45) is 0 Å². The zero-order valence-electron chi connectivity index (χ0n) is 24.3. The molecular weight excluding hydrogens is 548 g/mol. The quantitative estimate of drug-likeness (QED) is 0.282. The van der Waals surface area contributed by atoms with E-state index in [1.54, 1.807) is 0 Å². The first-order valence-electron chi connectivity index (χ1n) is 14.1. The van der Waals surface area contributed by atoms with Crippen molar-refractivity contribution in [1.29, 1.82) is 0 Å². The summed E-state index contributed by atoms with van der Waals surface area (Å²) < 4.78 is 17.9. The lowest BCUT2D eigenvalue weighted by Gasteiger charge is -2.22. The van der Waals surface area contributed by atoms with Crippen LogP contribution >= 0.6 is 23.5 Å². The smallest absolute Gasteiger partial charge is 0.414 e. The van der Waals surface area contributed by atoms with Gasteiger partial charge in [0.05, 0.1) is 34.8 Å². The zero-order valence-corrected chi connectivity index (χ0v) is 25.9. The normalized spacial score (nSPS) is 15.7. The molecule has 40 heavy (non-hydrogen) atoms. The standard InChI is InChI=1S/2C13H21N3S.C2H2O4/c2*1-3-4-5-8-12-13(15-17-14-12)11-7-6-9-16(2)10-11;3-1(4)2(5)6/h2*7H,3-6,8-10H2,1-2H3;(H,3,4)(H,5,6). The van der Waals surface area contributed by atoms with Gasteiger partial charge in [-0.3, -0.25) is 0 Å². The van der Waals surface area contributed by atoms with Crippen molar-refractivity contribution in [3.8, 4) is 0 Å². The van der Waals surface area contributed by atoms with Crippen molar-refractivity contribution in [1.82, 2.24) is 27.3 Å². The Balaban J connectivity index is 0.000000234. The van der Waals surface area contributed by atoms with Gasteiger partial charge in [0.25, 0.3) is 0 Å². The van der Waals surface area contributed by atoms with Gasteiger partial charge in [-0.15, -0.1) is 0 Å². The molecule has 0 aliphatic carbocycles. The second-order valence-corrected chi connectivity index (χ2v) is 11.2. The van der Waals surface area contributed by atoms with E-state index in [2.05, 4.69) is 67.4 Å². The van der Waals surface area contributed by atoms with Crippen molar-refractivity contribution >= 4 is 46.5 Å². The van der Waals surface area contributed by atoms with E-state index in [-0.39, 0.29) is 0 Å². The van der Waals surface area contributed by atoms with Crippen molar-refractivity contribution < 1.29 is 19.8 Å². The highest BCUT2D eigenvalue weighted by Crippen LogP contribution is 2.24. The van der Waals surface area contributed by atoms with Crippen molar-refractivity contribution in [2.45, 2.75) is 78.1 Å². The molecule has 0 atom stereocenters. The molecule has 2 aliphatic heterocycles. The number of hydrogen-bond donors (Lipinski definition) is 2. The van der Waals surface area contributed by atoms with Gasteiger partial charge in [-0.1, -0.05) is 51.7 Å². The Morgan fingerprint density at radius 1 is 0.725 bits per heavy atom. The summed E-state index contributed by atoms with van der Waals surface area (Å²) in [7, 11) is 4.34. The molecule has 2 N–H and O–H groups in total. The maximum Gasteiger partial charge on any atom is 0.414 e. The lowest BCUT2D eigenvalue weighted by atomic mass is 10.0. The molecule has 222 valence electrons. The molecule has 4 heterocycles. The molecule has 0 bridgehead atoms. The van der Waals surface area contributed by atoms with Gasteiger partial charge in [-0.25, -0.2) is 9.59 Å². The van der Waals surface area contributed by atoms with Crippen LogP contribution in [0.1, 0.15) is 88.0 Å². The summed E-state index contributed by atoms with van der Waals surface area (Å²) >= 11 is 2.72. The number of carboxylic acid groups (broad SMARTS) is 2. The Morgan fingerprint density at radius 2 is 1.12 bits per heavy atom. The van der Waals surface area contributed by atoms with Crippen LogP contribution in [0.2, 0.25) is 0 Å². The molecule has 0 aromatic carbocycles. The number of unbranched alkanes of at least 4 members (excludes halogenated alkanes) is 4. The number of hydrogen-bond acceptors (Lipinski definition) is 10. The number of aliphatic carboxylic acids is 2. The van der Waals surface area contributed by atoms with Crippen LogP contribution in [0.5, 0.6) is 0 Å². The number of aryl methyl sites for hydroxylation is 2. The van der Waals surface area contributed by atoms with Gasteiger partial charge in [-0.05, 0) is 63.8 Å². The number of aromatic nitrogens is 4. The van der Waals surface area contributed by atoms with Gasteiger partial charge in [0.1, 0.15) is 11.4 Å². The van der Waals surface area contributed by atoms with E-state index in [4.69, 9.17) is 19.8 Å². The van der Waals surface area contributed by atoms with Crippen LogP contribution in [0.3, 0.4) is 0 Å². The summed E-state index contributed by atoms with van der Waals surface area (Å²) in [5.41, 5.74) is 7.50. The Morgan fingerprint density at radius 3 is 1.45 bits per heavy atom. The summed E-state index contributed by atoms with van der Waals surface area (Å²) in [4.78, 5) is 22.9. The van der Waals surface area contributed by atoms with E-state index in [0.29, 0.717) is 0 Å². The molecule has 0 spiro atoms. The molecule has 10 nitrogen and oxygen atoms in total. The Labute approximate surface area is 246 Å². The molecule has 2 aromatic heterocycles. The van der Waals surface area contributed by atoms with Gasteiger partial charge in [0, 0.05) is 26.2 Å². The monoisotopic (exact) mass is 592 g/mol. The second kappa shape index (κ2) is 18.7. The fourth-order valence-electron chi connectivity index (χ4n) is 4.44. The van der Waals surface area contributed by atoms with Gasteiger partial charge in [0.2, 0.25) is 0 Å². The van der Waals surface area contributed by atoms with Crippen molar-refractivity contribution in [2.75, 3.05) is 40.3 Å². The molecular formula is C28H44N6O4S2. The maximum atomic E-state index is 9.10. The third-order valence-corrected chi connectivity index (χ3v) is 7.75. The molecule has 0 radical (unpaired) electrons. The van der Waals surface area contributed by atoms with Crippen molar-refractivity contribution in [3.05, 3.63) is 34.9 Å². The number of carbonyl (C=O) groups is 2. The lowest BCUT2D eigenvalue weighted by molar-refractivity contribution is -0.159. The maximum absolute atomic E-state index is 9.10. The fourth-order valence-corrected chi connectivity index (χ4v) is 5.69. The van der Waals surface area contributed by atoms with E-state index >= 15 is 0 Å². The van der Waals surface area contributed by atoms with Crippen LogP contribution in [0, 0.1) is 0 Å². The van der Waals surface area contributed by atoms with E-state index in [1.165, 1.54) is 84.5 Å². The van der Waals surface area contributed by atoms with E-state index in [0.717, 1.165) is 63.3 Å². The van der Waals surface area contributed by atoms with Crippen LogP contribution in [-0.4, -0.2) is 89.7 Å². The summed E-state index contributed by atoms with van der Waals surface area (Å²) in [6.07, 6.45) is 16.7. The minimum absolute atomic E-state index is 1.02. The predicted octanol–water partition coefficient (Wildman–Crippen LogP) is 5.14. The molecule has 0 unspecified atom stereocenters. The van der Waals surface area contributed by atoms with Gasteiger partial charge in [0.15, 0.2) is 0 Å². The van der Waals surface area contributed by atoms with Crippen LogP contribution in [0.4, 0.5) is 0 Å². The third-order valence-electron chi connectivity index (χ3n) is 6.62. The minimum atomic E-state index is -1.82. The Hall–Kier alpha value is -2.54. The molecule has 4 rings (SSSR count). The highest BCUT2D eigenvalue weighted by atomic mass is 32.1. The first-order chi connectivity index (χ1) is 19.3. The minimum Gasteiger partial charge on any atom is -0.473 e. The average Bonchev–Trinajstić information content (AvgIpc) is 3.60. The van der Waals surface area contributed by atoms with E-state index in [9.17, 15) is 0 Å². The van der Waals surface area contributed by atoms with E-state index < -0.39 is 11.9 Å². The molecule has 0 saturated carbocycles. The first-order valence-corrected chi connectivity index (χ1v) is 15.6. The summed E-state index contributed by atoms with van der Waals surface area (Å²) in [5.74, 6) is -3.65. The molecule has 2 aliphatic rings. The lowest BCUT2D eigenvalue weighted by Crippen LogP contribution is -2.25. The Kier molecular flexibility index (Phi) is 15.8. The first kappa shape index (κ1) is 33.7. The number of rotatable bonds is 10. The number of carboxylic acids is 2. The number of likely N-dealkylation sites (N-methyl/N-ethyl adjacent to an activating group) is 2. The largest absolute Gasteiger partial charge is 0.473 e. The highest BCUT2D eigenvalue weighted by molar-refractivity contribution is 6.99. The molecule has 12 heteroatoms. The SMILES string of the molecule is CCCCCc1nsnc1C1=CCCN(C)C1.CCCCCc1nsnc1C1=CCCN(C)C1.O=C(O)C(=O)O. The van der Waals surface area contributed by atoms with Crippen molar-refractivity contribution in [3.63, 3.8) is 0 Å². The summed E-state index contributed by atoms with van der Waals surface area (Å²) in [5, 5.41) is 14.8. The summed E-state index contributed by atoms with van der Waals surface area (Å²) in [6, 6.07) is 0. The highest BCUT2D eigenvalue weighted by Gasteiger charge is 2.18. The average molecular weight is 593 g/mol. The predicted molar refractivity (Wildman–Crippen MR) is 162 cm³/mol. The molecule has 0 amide bonds. The van der Waals surface area contributed by atoms with Crippen LogP contribution in [0.25, 0.3) is 11.1 Å². The van der Waals surface area contributed by atoms with Crippen LogP contribution < -0.4 is 0 Å². The van der Waals surface area contributed by atoms with Gasteiger partial charge >= 0.3 is 11.9 Å². The van der Waals surface area contributed by atoms with Gasteiger partial charge in [-0.2, -0.15) is 17.5 Å². The molecule has 0 fully saturated rings. The number of nitrogens with zero attached hydrogens (tertiary/aromatic N) is 6. The van der Waals surface area contributed by atoms with Gasteiger partial charge < -0.3 is 20.0 Å². The van der Waals surface area contributed by atoms with E-state index in [1.807, 2.05) is 0 Å². The fraction of sp³-hybridized carbons (Fsp3) is 0.643. The Bertz CT molecular complexity index is 1030. The third kappa shape index (κ3) is 11.9.